The number of hydrogen-bond acceptors (Lipinski definition) is 3. The molecule has 1 heterocycles. The monoisotopic (exact) mass is 320 g/mol. The van der Waals surface area contributed by atoms with Gasteiger partial charge in [0.2, 0.25) is 5.91 Å². The van der Waals surface area contributed by atoms with Crippen molar-refractivity contribution >= 4 is 30.1 Å². The molecule has 1 saturated heterocycles. The summed E-state index contributed by atoms with van der Waals surface area (Å²) in [5.41, 5.74) is 6.07. The van der Waals surface area contributed by atoms with Crippen LogP contribution < -0.4 is 5.73 Å². The molecule has 1 spiro atoms. The zero-order valence-corrected chi connectivity index (χ0v) is 14.4. The van der Waals surface area contributed by atoms with Crippen molar-refractivity contribution in [2.24, 2.45) is 11.7 Å². The Bertz CT molecular complexity index is 313. The molecule has 2 aliphatic rings. The van der Waals surface area contributed by atoms with E-state index in [2.05, 4.69) is 30.5 Å². The minimum Gasteiger partial charge on any atom is -0.339 e. The third-order valence-corrected chi connectivity index (χ3v) is 5.90. The molecule has 3 nitrogen and oxygen atoms in total. The molecule has 0 radical (unpaired) electrons. The molecule has 2 rings (SSSR count). The van der Waals surface area contributed by atoms with Gasteiger partial charge in [0.15, 0.2) is 0 Å². The maximum absolute atomic E-state index is 12.5. The lowest BCUT2D eigenvalue weighted by atomic mass is 9.87. The van der Waals surface area contributed by atoms with Crippen molar-refractivity contribution in [1.29, 1.82) is 0 Å². The summed E-state index contributed by atoms with van der Waals surface area (Å²) >= 11 is 2.10. The SMILES string of the molecule is CC(C)C[C@H](N)C(=O)N1CCSC2(CCCCC2)C1.Cl. The van der Waals surface area contributed by atoms with Crippen LogP contribution in [0, 0.1) is 5.92 Å². The predicted molar refractivity (Wildman–Crippen MR) is 89.5 cm³/mol. The maximum atomic E-state index is 12.5. The average molecular weight is 321 g/mol. The van der Waals surface area contributed by atoms with Gasteiger partial charge in [0, 0.05) is 23.6 Å². The molecule has 1 amide bonds. The van der Waals surface area contributed by atoms with Gasteiger partial charge in [0.05, 0.1) is 6.04 Å². The quantitative estimate of drug-likeness (QED) is 0.869. The number of hydrogen-bond donors (Lipinski definition) is 1. The molecule has 2 fully saturated rings. The van der Waals surface area contributed by atoms with Crippen LogP contribution in [0.3, 0.4) is 0 Å². The van der Waals surface area contributed by atoms with Crippen molar-refractivity contribution in [3.8, 4) is 0 Å². The zero-order chi connectivity index (χ0) is 13.9. The van der Waals surface area contributed by atoms with Gasteiger partial charge in [0.25, 0.3) is 0 Å². The fraction of sp³-hybridized carbons (Fsp3) is 0.933. The lowest BCUT2D eigenvalue weighted by Gasteiger charge is -2.45. The van der Waals surface area contributed by atoms with E-state index in [0.29, 0.717) is 10.7 Å². The summed E-state index contributed by atoms with van der Waals surface area (Å²) in [5.74, 6) is 1.75. The highest BCUT2D eigenvalue weighted by molar-refractivity contribution is 8.00. The fourth-order valence-corrected chi connectivity index (χ4v) is 4.94. The molecule has 0 aromatic heterocycles. The van der Waals surface area contributed by atoms with Gasteiger partial charge in [-0.3, -0.25) is 4.79 Å². The molecule has 20 heavy (non-hydrogen) atoms. The number of amides is 1. The smallest absolute Gasteiger partial charge is 0.239 e. The number of thioether (sulfide) groups is 1. The van der Waals surface area contributed by atoms with E-state index in [0.717, 1.165) is 25.3 Å². The van der Waals surface area contributed by atoms with E-state index in [9.17, 15) is 4.79 Å². The van der Waals surface area contributed by atoms with Gasteiger partial charge < -0.3 is 10.6 Å². The molecule has 1 atom stereocenters. The highest BCUT2D eigenvalue weighted by Crippen LogP contribution is 2.42. The topological polar surface area (TPSA) is 46.3 Å². The second-order valence-corrected chi connectivity index (χ2v) is 8.15. The van der Waals surface area contributed by atoms with Gasteiger partial charge >= 0.3 is 0 Å². The molecule has 0 bridgehead atoms. The van der Waals surface area contributed by atoms with E-state index in [1.807, 2.05) is 0 Å². The van der Waals surface area contributed by atoms with E-state index in [1.165, 1.54) is 32.1 Å². The Hall–Kier alpha value is 0.0700. The molecule has 2 N–H and O–H groups in total. The Morgan fingerprint density at radius 2 is 1.95 bits per heavy atom. The Labute approximate surface area is 133 Å². The van der Waals surface area contributed by atoms with Gasteiger partial charge in [-0.05, 0) is 25.2 Å². The van der Waals surface area contributed by atoms with Gasteiger partial charge in [-0.15, -0.1) is 12.4 Å². The van der Waals surface area contributed by atoms with E-state index in [4.69, 9.17) is 5.73 Å². The van der Waals surface area contributed by atoms with Crippen LogP contribution in [0.25, 0.3) is 0 Å². The molecule has 5 heteroatoms. The number of carbonyl (C=O) groups excluding carboxylic acids is 1. The van der Waals surface area contributed by atoms with Gasteiger partial charge in [-0.25, -0.2) is 0 Å². The Kier molecular flexibility index (Phi) is 7.16. The average Bonchev–Trinajstić information content (AvgIpc) is 2.38. The van der Waals surface area contributed by atoms with Gasteiger partial charge in [-0.1, -0.05) is 33.1 Å². The first-order valence-electron chi connectivity index (χ1n) is 7.71. The fourth-order valence-electron chi connectivity index (χ4n) is 3.37. The first-order chi connectivity index (χ1) is 9.02. The minimum absolute atomic E-state index is 0. The largest absolute Gasteiger partial charge is 0.339 e. The highest BCUT2D eigenvalue weighted by Gasteiger charge is 2.39. The highest BCUT2D eigenvalue weighted by atomic mass is 35.5. The standard InChI is InChI=1S/C15H28N2OS.ClH/c1-12(2)10-13(16)14(18)17-8-9-19-15(11-17)6-4-3-5-7-15;/h12-13H,3-11,16H2,1-2H3;1H/t13-;/m0./s1. The van der Waals surface area contributed by atoms with E-state index < -0.39 is 0 Å². The number of nitrogens with zero attached hydrogens (tertiary/aromatic N) is 1. The van der Waals surface area contributed by atoms with Crippen molar-refractivity contribution in [2.75, 3.05) is 18.8 Å². The van der Waals surface area contributed by atoms with Gasteiger partial charge in [-0.2, -0.15) is 11.8 Å². The van der Waals surface area contributed by atoms with Crippen molar-refractivity contribution in [1.82, 2.24) is 4.90 Å². The van der Waals surface area contributed by atoms with Crippen molar-refractivity contribution in [2.45, 2.75) is 63.2 Å². The summed E-state index contributed by atoms with van der Waals surface area (Å²) in [6, 6.07) is -0.302. The first kappa shape index (κ1) is 18.1. The van der Waals surface area contributed by atoms with Crippen molar-refractivity contribution in [3.63, 3.8) is 0 Å². The van der Waals surface area contributed by atoms with Crippen LogP contribution in [0.5, 0.6) is 0 Å². The number of halogens is 1. The molecule has 0 aromatic carbocycles. The molecular weight excluding hydrogens is 292 g/mol. The molecule has 0 unspecified atom stereocenters. The van der Waals surface area contributed by atoms with Crippen molar-refractivity contribution in [3.05, 3.63) is 0 Å². The number of rotatable bonds is 3. The Morgan fingerprint density at radius 3 is 2.55 bits per heavy atom. The molecule has 118 valence electrons. The minimum atomic E-state index is -0.302. The third kappa shape index (κ3) is 4.54. The summed E-state index contributed by atoms with van der Waals surface area (Å²) < 4.78 is 0.351. The molecule has 1 saturated carbocycles. The summed E-state index contributed by atoms with van der Waals surface area (Å²) in [6.07, 6.45) is 7.38. The number of nitrogens with two attached hydrogens (primary N) is 1. The van der Waals surface area contributed by atoms with Crippen LogP contribution in [0.15, 0.2) is 0 Å². The molecule has 1 aliphatic heterocycles. The maximum Gasteiger partial charge on any atom is 0.239 e. The van der Waals surface area contributed by atoms with E-state index in [1.54, 1.807) is 0 Å². The second kappa shape index (κ2) is 7.90. The van der Waals surface area contributed by atoms with Crippen molar-refractivity contribution < 1.29 is 4.79 Å². The van der Waals surface area contributed by atoms with E-state index >= 15 is 0 Å². The first-order valence-corrected chi connectivity index (χ1v) is 8.69. The Morgan fingerprint density at radius 1 is 1.30 bits per heavy atom. The second-order valence-electron chi connectivity index (χ2n) is 6.59. The summed E-state index contributed by atoms with van der Waals surface area (Å²) in [7, 11) is 0. The Balaban J connectivity index is 0.00000200. The lowest BCUT2D eigenvalue weighted by Crippen LogP contribution is -2.54. The summed E-state index contributed by atoms with van der Waals surface area (Å²) in [6.45, 7) is 6.07. The molecule has 0 aromatic rings. The van der Waals surface area contributed by atoms with Crippen LogP contribution in [-0.4, -0.2) is 40.4 Å². The predicted octanol–water partition coefficient (Wildman–Crippen LogP) is 3.06. The normalized spacial score (nSPS) is 23.5. The third-order valence-electron chi connectivity index (χ3n) is 4.37. The molecule has 1 aliphatic carbocycles. The number of carbonyl (C=O) groups is 1. The zero-order valence-electron chi connectivity index (χ0n) is 12.8. The van der Waals surface area contributed by atoms with Crippen LogP contribution in [-0.2, 0) is 4.79 Å². The van der Waals surface area contributed by atoms with Crippen LogP contribution in [0.1, 0.15) is 52.4 Å². The van der Waals surface area contributed by atoms with Crippen LogP contribution in [0.2, 0.25) is 0 Å². The summed E-state index contributed by atoms with van der Waals surface area (Å²) in [5, 5.41) is 0. The van der Waals surface area contributed by atoms with Gasteiger partial charge in [0.1, 0.15) is 0 Å². The summed E-state index contributed by atoms with van der Waals surface area (Å²) in [4.78, 5) is 14.5. The lowest BCUT2D eigenvalue weighted by molar-refractivity contribution is -0.133. The molecular formula is C15H29ClN2OS. The van der Waals surface area contributed by atoms with E-state index in [-0.39, 0.29) is 24.4 Å². The van der Waals surface area contributed by atoms with Crippen LogP contribution >= 0.6 is 24.2 Å². The van der Waals surface area contributed by atoms with Crippen LogP contribution in [0.4, 0.5) is 0 Å².